The fourth-order valence-electron chi connectivity index (χ4n) is 1.78. The normalized spacial score (nSPS) is 10.5. The van der Waals surface area contributed by atoms with Crippen LogP contribution in [0.3, 0.4) is 0 Å². The fourth-order valence-corrected chi connectivity index (χ4v) is 1.92. The van der Waals surface area contributed by atoms with Crippen molar-refractivity contribution in [1.82, 2.24) is 4.98 Å². The van der Waals surface area contributed by atoms with Gasteiger partial charge in [-0.05, 0) is 36.6 Å². The molecule has 2 rings (SSSR count). The van der Waals surface area contributed by atoms with Crippen LogP contribution in [0.25, 0.3) is 0 Å². The van der Waals surface area contributed by atoms with E-state index in [1.165, 1.54) is 30.7 Å². The smallest absolute Gasteiger partial charge is 0.167 e. The molecular formula is C15H16ClFN2. The van der Waals surface area contributed by atoms with Crippen molar-refractivity contribution < 1.29 is 4.39 Å². The number of benzene rings is 1. The lowest BCUT2D eigenvalue weighted by molar-refractivity contribution is 0.626. The van der Waals surface area contributed by atoms with Gasteiger partial charge in [0.25, 0.3) is 0 Å². The second-order valence-electron chi connectivity index (χ2n) is 4.41. The second-order valence-corrected chi connectivity index (χ2v) is 4.85. The van der Waals surface area contributed by atoms with Crippen LogP contribution in [0.4, 0.5) is 15.9 Å². The van der Waals surface area contributed by atoms with Gasteiger partial charge >= 0.3 is 0 Å². The standard InChI is InChI=1S/C15H16ClFN2/c1-2-3-4-11-5-7-13(8-6-11)19-15-14(17)9-12(16)10-18-15/h5-10H,2-4H2,1H3,(H,18,19). The molecule has 4 heteroatoms. The molecule has 0 saturated carbocycles. The number of hydrogen-bond donors (Lipinski definition) is 1. The van der Waals surface area contributed by atoms with Crippen LogP contribution in [-0.4, -0.2) is 4.98 Å². The number of unbranched alkanes of at least 4 members (excludes halogenated alkanes) is 1. The average molecular weight is 279 g/mol. The Bertz CT molecular complexity index is 540. The Hall–Kier alpha value is -1.61. The predicted molar refractivity (Wildman–Crippen MR) is 77.5 cm³/mol. The van der Waals surface area contributed by atoms with Crippen LogP contribution in [-0.2, 0) is 6.42 Å². The van der Waals surface area contributed by atoms with Crippen LogP contribution < -0.4 is 5.32 Å². The lowest BCUT2D eigenvalue weighted by Gasteiger charge is -2.07. The average Bonchev–Trinajstić information content (AvgIpc) is 2.41. The monoisotopic (exact) mass is 278 g/mol. The summed E-state index contributed by atoms with van der Waals surface area (Å²) >= 11 is 5.66. The number of halogens is 2. The van der Waals surface area contributed by atoms with E-state index in [2.05, 4.69) is 17.2 Å². The van der Waals surface area contributed by atoms with Crippen molar-refractivity contribution in [2.45, 2.75) is 26.2 Å². The highest BCUT2D eigenvalue weighted by Gasteiger charge is 2.04. The Kier molecular flexibility index (Phi) is 4.74. The summed E-state index contributed by atoms with van der Waals surface area (Å²) in [4.78, 5) is 3.93. The van der Waals surface area contributed by atoms with Crippen LogP contribution in [0.15, 0.2) is 36.5 Å². The lowest BCUT2D eigenvalue weighted by atomic mass is 10.1. The minimum atomic E-state index is -0.456. The van der Waals surface area contributed by atoms with Gasteiger partial charge in [-0.25, -0.2) is 9.37 Å². The lowest BCUT2D eigenvalue weighted by Crippen LogP contribution is -1.97. The van der Waals surface area contributed by atoms with Crippen molar-refractivity contribution >= 4 is 23.1 Å². The molecular weight excluding hydrogens is 263 g/mol. The third-order valence-electron chi connectivity index (χ3n) is 2.84. The summed E-state index contributed by atoms with van der Waals surface area (Å²) in [5.74, 6) is -0.270. The highest BCUT2D eigenvalue weighted by molar-refractivity contribution is 6.30. The molecule has 1 aromatic heterocycles. The Balaban J connectivity index is 2.06. The van der Waals surface area contributed by atoms with Gasteiger partial charge in [-0.3, -0.25) is 0 Å². The Morgan fingerprint density at radius 1 is 1.26 bits per heavy atom. The molecule has 0 fully saturated rings. The zero-order valence-corrected chi connectivity index (χ0v) is 11.5. The first kappa shape index (κ1) is 13.8. The molecule has 0 bridgehead atoms. The van der Waals surface area contributed by atoms with Gasteiger partial charge in [0.2, 0.25) is 0 Å². The number of pyridine rings is 1. The third-order valence-corrected chi connectivity index (χ3v) is 3.05. The van der Waals surface area contributed by atoms with Crippen molar-refractivity contribution in [2.24, 2.45) is 0 Å². The van der Waals surface area contributed by atoms with E-state index >= 15 is 0 Å². The van der Waals surface area contributed by atoms with Gasteiger partial charge in [-0.2, -0.15) is 0 Å². The molecule has 1 heterocycles. The molecule has 1 aromatic carbocycles. The Morgan fingerprint density at radius 3 is 2.63 bits per heavy atom. The van der Waals surface area contributed by atoms with E-state index in [0.29, 0.717) is 0 Å². The molecule has 19 heavy (non-hydrogen) atoms. The fraction of sp³-hybridized carbons (Fsp3) is 0.267. The maximum absolute atomic E-state index is 13.6. The van der Waals surface area contributed by atoms with E-state index in [4.69, 9.17) is 11.6 Å². The van der Waals surface area contributed by atoms with Gasteiger partial charge in [0.15, 0.2) is 11.6 Å². The van der Waals surface area contributed by atoms with Crippen LogP contribution >= 0.6 is 11.6 Å². The molecule has 2 nitrogen and oxygen atoms in total. The highest BCUT2D eigenvalue weighted by atomic mass is 35.5. The van der Waals surface area contributed by atoms with Crippen LogP contribution in [0.2, 0.25) is 5.02 Å². The molecule has 0 amide bonds. The van der Waals surface area contributed by atoms with E-state index in [0.717, 1.165) is 12.1 Å². The summed E-state index contributed by atoms with van der Waals surface area (Å²) in [6.07, 6.45) is 4.85. The van der Waals surface area contributed by atoms with Gasteiger partial charge in [0.1, 0.15) is 0 Å². The molecule has 0 aliphatic heterocycles. The summed E-state index contributed by atoms with van der Waals surface area (Å²) in [5.41, 5.74) is 2.10. The van der Waals surface area contributed by atoms with E-state index in [1.54, 1.807) is 0 Å². The van der Waals surface area contributed by atoms with Crippen molar-refractivity contribution in [2.75, 3.05) is 5.32 Å². The van der Waals surface area contributed by atoms with Crippen molar-refractivity contribution in [3.8, 4) is 0 Å². The SMILES string of the molecule is CCCCc1ccc(Nc2ncc(Cl)cc2F)cc1. The molecule has 0 aliphatic carbocycles. The summed E-state index contributed by atoms with van der Waals surface area (Å²) in [5, 5.41) is 3.23. The van der Waals surface area contributed by atoms with Crippen LogP contribution in [0.5, 0.6) is 0 Å². The first-order valence-electron chi connectivity index (χ1n) is 6.36. The quantitative estimate of drug-likeness (QED) is 0.836. The summed E-state index contributed by atoms with van der Waals surface area (Å²) in [6.45, 7) is 2.17. The van der Waals surface area contributed by atoms with Gasteiger partial charge in [-0.15, -0.1) is 0 Å². The summed E-state index contributed by atoms with van der Waals surface area (Å²) in [7, 11) is 0. The van der Waals surface area contributed by atoms with Gasteiger partial charge < -0.3 is 5.32 Å². The number of nitrogens with one attached hydrogen (secondary N) is 1. The zero-order chi connectivity index (χ0) is 13.7. The molecule has 0 saturated heterocycles. The van der Waals surface area contributed by atoms with Crippen molar-refractivity contribution in [3.63, 3.8) is 0 Å². The van der Waals surface area contributed by atoms with Crippen molar-refractivity contribution in [1.29, 1.82) is 0 Å². The number of anilines is 2. The first-order valence-corrected chi connectivity index (χ1v) is 6.74. The topological polar surface area (TPSA) is 24.9 Å². The number of nitrogens with zero attached hydrogens (tertiary/aromatic N) is 1. The molecule has 0 unspecified atom stereocenters. The van der Waals surface area contributed by atoms with Gasteiger partial charge in [0.05, 0.1) is 5.02 Å². The zero-order valence-electron chi connectivity index (χ0n) is 10.8. The number of hydrogen-bond acceptors (Lipinski definition) is 2. The molecule has 0 radical (unpaired) electrons. The molecule has 0 atom stereocenters. The second kappa shape index (κ2) is 6.53. The van der Waals surface area contributed by atoms with E-state index < -0.39 is 5.82 Å². The molecule has 1 N–H and O–H groups in total. The van der Waals surface area contributed by atoms with Gasteiger partial charge in [-0.1, -0.05) is 37.1 Å². The van der Waals surface area contributed by atoms with Crippen LogP contribution in [0, 0.1) is 5.82 Å². The molecule has 2 aromatic rings. The number of aryl methyl sites for hydroxylation is 1. The molecule has 0 aliphatic rings. The minimum absolute atomic E-state index is 0.186. The highest BCUT2D eigenvalue weighted by Crippen LogP contribution is 2.20. The largest absolute Gasteiger partial charge is 0.338 e. The molecule has 0 spiro atoms. The van der Waals surface area contributed by atoms with Crippen molar-refractivity contribution in [3.05, 3.63) is 52.9 Å². The maximum Gasteiger partial charge on any atom is 0.167 e. The van der Waals surface area contributed by atoms with Crippen LogP contribution in [0.1, 0.15) is 25.3 Å². The van der Waals surface area contributed by atoms with E-state index in [9.17, 15) is 4.39 Å². The minimum Gasteiger partial charge on any atom is -0.338 e. The number of rotatable bonds is 5. The maximum atomic E-state index is 13.6. The number of aromatic nitrogens is 1. The molecule has 100 valence electrons. The van der Waals surface area contributed by atoms with Gasteiger partial charge in [0, 0.05) is 11.9 Å². The Morgan fingerprint density at radius 2 is 2.00 bits per heavy atom. The summed E-state index contributed by atoms with van der Waals surface area (Å²) < 4.78 is 13.6. The van der Waals surface area contributed by atoms with E-state index in [1.807, 2.05) is 24.3 Å². The predicted octanol–water partition coefficient (Wildman–Crippen LogP) is 4.96. The Labute approximate surface area is 117 Å². The first-order chi connectivity index (χ1) is 9.19. The van der Waals surface area contributed by atoms with E-state index in [-0.39, 0.29) is 10.8 Å². The summed E-state index contributed by atoms with van der Waals surface area (Å²) in [6, 6.07) is 9.20. The third kappa shape index (κ3) is 3.93.